The lowest BCUT2D eigenvalue weighted by atomic mass is 10.2. The van der Waals surface area contributed by atoms with Crippen molar-refractivity contribution in [2.45, 2.75) is 18.4 Å². The minimum Gasteiger partial charge on any atom is -0.495 e. The van der Waals surface area contributed by atoms with Gasteiger partial charge in [0.05, 0.1) is 7.11 Å². The zero-order valence-corrected chi connectivity index (χ0v) is 14.1. The zero-order valence-electron chi connectivity index (χ0n) is 12.5. The third-order valence-corrected chi connectivity index (χ3v) is 6.26. The van der Waals surface area contributed by atoms with Gasteiger partial charge < -0.3 is 10.1 Å². The van der Waals surface area contributed by atoms with Crippen LogP contribution in [0.25, 0.3) is 0 Å². The van der Waals surface area contributed by atoms with Crippen molar-refractivity contribution in [3.63, 3.8) is 0 Å². The molecule has 0 atom stereocenters. The summed E-state index contributed by atoms with van der Waals surface area (Å²) < 4.78 is 32.4. The third kappa shape index (κ3) is 3.91. The van der Waals surface area contributed by atoms with E-state index in [0.717, 1.165) is 23.6 Å². The topological polar surface area (TPSA) is 58.6 Å². The molecule has 0 radical (unpaired) electrons. The van der Waals surface area contributed by atoms with E-state index in [1.807, 2.05) is 13.0 Å². The predicted molar refractivity (Wildman–Crippen MR) is 86.5 cm³/mol. The van der Waals surface area contributed by atoms with Gasteiger partial charge in [-0.1, -0.05) is 13.0 Å². The predicted octanol–water partition coefficient (Wildman–Crippen LogP) is 1.54. The van der Waals surface area contributed by atoms with Crippen LogP contribution in [0.15, 0.2) is 23.1 Å². The molecular weight excluding hydrogens is 308 g/mol. The molecule has 0 aromatic heterocycles. The van der Waals surface area contributed by atoms with Gasteiger partial charge in [-0.15, -0.1) is 0 Å². The van der Waals surface area contributed by atoms with Gasteiger partial charge in [-0.2, -0.15) is 16.1 Å². The van der Waals surface area contributed by atoms with Gasteiger partial charge in [0.1, 0.15) is 10.6 Å². The van der Waals surface area contributed by atoms with Crippen molar-refractivity contribution in [2.24, 2.45) is 0 Å². The van der Waals surface area contributed by atoms with Gasteiger partial charge in [0, 0.05) is 31.1 Å². The van der Waals surface area contributed by atoms with Crippen LogP contribution in [0.2, 0.25) is 0 Å². The van der Waals surface area contributed by atoms with Crippen LogP contribution in [0.5, 0.6) is 5.75 Å². The number of sulfonamides is 1. The molecule has 0 bridgehead atoms. The molecule has 0 aliphatic carbocycles. The third-order valence-electron chi connectivity index (χ3n) is 3.40. The monoisotopic (exact) mass is 330 g/mol. The van der Waals surface area contributed by atoms with Crippen LogP contribution in [0.3, 0.4) is 0 Å². The number of methoxy groups -OCH3 is 1. The summed E-state index contributed by atoms with van der Waals surface area (Å²) in [5.74, 6) is 2.10. The molecule has 2 rings (SSSR count). The van der Waals surface area contributed by atoms with E-state index in [4.69, 9.17) is 4.74 Å². The van der Waals surface area contributed by atoms with Crippen molar-refractivity contribution in [1.82, 2.24) is 9.62 Å². The first-order chi connectivity index (χ1) is 10.1. The van der Waals surface area contributed by atoms with Crippen molar-refractivity contribution < 1.29 is 13.2 Å². The molecule has 0 spiro atoms. The average Bonchev–Trinajstić information content (AvgIpc) is 2.53. The molecule has 7 heteroatoms. The highest BCUT2D eigenvalue weighted by Gasteiger charge is 2.29. The highest BCUT2D eigenvalue weighted by Crippen LogP contribution is 2.29. The molecule has 0 saturated carbocycles. The highest BCUT2D eigenvalue weighted by molar-refractivity contribution is 7.99. The molecule has 1 aromatic carbocycles. The summed E-state index contributed by atoms with van der Waals surface area (Å²) in [5.41, 5.74) is 0.947. The fraction of sp³-hybridized carbons (Fsp3) is 0.571. The molecule has 118 valence electrons. The minimum atomic E-state index is -3.49. The molecule has 1 fully saturated rings. The quantitative estimate of drug-likeness (QED) is 0.857. The summed E-state index contributed by atoms with van der Waals surface area (Å²) in [6, 6.07) is 5.35. The van der Waals surface area contributed by atoms with Crippen LogP contribution >= 0.6 is 11.8 Å². The number of rotatable bonds is 6. The molecule has 1 aliphatic rings. The van der Waals surface area contributed by atoms with Gasteiger partial charge in [0.15, 0.2) is 0 Å². The molecule has 21 heavy (non-hydrogen) atoms. The fourth-order valence-electron chi connectivity index (χ4n) is 2.23. The number of hydrogen-bond donors (Lipinski definition) is 1. The summed E-state index contributed by atoms with van der Waals surface area (Å²) in [6.07, 6.45) is 0. The number of hydrogen-bond acceptors (Lipinski definition) is 5. The van der Waals surface area contributed by atoms with E-state index in [1.165, 1.54) is 7.11 Å². The lowest BCUT2D eigenvalue weighted by Gasteiger charge is -2.26. The molecule has 0 amide bonds. The molecule has 1 heterocycles. The van der Waals surface area contributed by atoms with Crippen LogP contribution in [-0.2, 0) is 16.6 Å². The first kappa shape index (κ1) is 16.6. The Labute approximate surface area is 131 Å². The SMILES string of the molecule is CCNCc1ccc(OC)c(S(=O)(=O)N2CCSCC2)c1. The Hall–Kier alpha value is -0.760. The van der Waals surface area contributed by atoms with E-state index in [1.54, 1.807) is 28.2 Å². The Morgan fingerprint density at radius 3 is 2.67 bits per heavy atom. The Bertz CT molecular complexity index is 570. The van der Waals surface area contributed by atoms with Crippen LogP contribution in [-0.4, -0.2) is 51.0 Å². The van der Waals surface area contributed by atoms with E-state index in [9.17, 15) is 8.42 Å². The number of ether oxygens (including phenoxy) is 1. The first-order valence-electron chi connectivity index (χ1n) is 7.05. The van der Waals surface area contributed by atoms with Crippen LogP contribution in [0.4, 0.5) is 0 Å². The van der Waals surface area contributed by atoms with Crippen molar-refractivity contribution in [2.75, 3.05) is 38.2 Å². The van der Waals surface area contributed by atoms with Gasteiger partial charge in [-0.05, 0) is 24.2 Å². The van der Waals surface area contributed by atoms with Crippen LogP contribution < -0.4 is 10.1 Å². The number of nitrogens with zero attached hydrogens (tertiary/aromatic N) is 1. The number of thioether (sulfide) groups is 1. The van der Waals surface area contributed by atoms with Crippen molar-refractivity contribution >= 4 is 21.8 Å². The van der Waals surface area contributed by atoms with Crippen molar-refractivity contribution in [1.29, 1.82) is 0 Å². The molecular formula is C14H22N2O3S2. The van der Waals surface area contributed by atoms with E-state index in [2.05, 4.69) is 5.32 Å². The normalized spacial score (nSPS) is 16.9. The smallest absolute Gasteiger partial charge is 0.246 e. The number of nitrogens with one attached hydrogen (secondary N) is 1. The van der Waals surface area contributed by atoms with Gasteiger partial charge >= 0.3 is 0 Å². The first-order valence-corrected chi connectivity index (χ1v) is 9.64. The van der Waals surface area contributed by atoms with Crippen molar-refractivity contribution in [3.8, 4) is 5.75 Å². The standard InChI is InChI=1S/C14H22N2O3S2/c1-3-15-11-12-4-5-13(19-2)14(10-12)21(17,18)16-6-8-20-9-7-16/h4-5,10,15H,3,6-9,11H2,1-2H3. The van der Waals surface area contributed by atoms with E-state index in [0.29, 0.717) is 25.4 Å². The summed E-state index contributed by atoms with van der Waals surface area (Å²) in [7, 11) is -1.98. The molecule has 1 aromatic rings. The van der Waals surface area contributed by atoms with E-state index in [-0.39, 0.29) is 4.90 Å². The molecule has 0 unspecified atom stereocenters. The Morgan fingerprint density at radius 2 is 2.05 bits per heavy atom. The van der Waals surface area contributed by atoms with Gasteiger partial charge in [-0.25, -0.2) is 8.42 Å². The lowest BCUT2D eigenvalue weighted by molar-refractivity contribution is 0.395. The Balaban J connectivity index is 2.34. The summed E-state index contributed by atoms with van der Waals surface area (Å²) in [4.78, 5) is 0.271. The lowest BCUT2D eigenvalue weighted by Crippen LogP contribution is -2.38. The molecule has 1 aliphatic heterocycles. The second-order valence-corrected chi connectivity index (χ2v) is 7.91. The van der Waals surface area contributed by atoms with Crippen LogP contribution in [0, 0.1) is 0 Å². The average molecular weight is 330 g/mol. The Morgan fingerprint density at radius 1 is 1.33 bits per heavy atom. The van der Waals surface area contributed by atoms with Gasteiger partial charge in [0.2, 0.25) is 10.0 Å². The maximum atomic E-state index is 12.8. The second kappa shape index (κ2) is 7.49. The van der Waals surface area contributed by atoms with Gasteiger partial charge in [0.25, 0.3) is 0 Å². The second-order valence-electron chi connectivity index (χ2n) is 4.78. The summed E-state index contributed by atoms with van der Waals surface area (Å²) in [5, 5.41) is 3.21. The maximum absolute atomic E-state index is 12.8. The highest BCUT2D eigenvalue weighted by atomic mass is 32.2. The molecule has 1 saturated heterocycles. The summed E-state index contributed by atoms with van der Waals surface area (Å²) >= 11 is 1.79. The van der Waals surface area contributed by atoms with Crippen molar-refractivity contribution in [3.05, 3.63) is 23.8 Å². The van der Waals surface area contributed by atoms with Crippen LogP contribution in [0.1, 0.15) is 12.5 Å². The molecule has 5 nitrogen and oxygen atoms in total. The maximum Gasteiger partial charge on any atom is 0.246 e. The fourth-order valence-corrected chi connectivity index (χ4v) is 5.01. The zero-order chi connectivity index (χ0) is 15.3. The Kier molecular flexibility index (Phi) is 5.92. The largest absolute Gasteiger partial charge is 0.495 e. The number of benzene rings is 1. The summed E-state index contributed by atoms with van der Waals surface area (Å²) in [6.45, 7) is 4.64. The van der Waals surface area contributed by atoms with E-state index < -0.39 is 10.0 Å². The van der Waals surface area contributed by atoms with Gasteiger partial charge in [-0.3, -0.25) is 0 Å². The minimum absolute atomic E-state index is 0.271. The van der Waals surface area contributed by atoms with E-state index >= 15 is 0 Å². The molecule has 1 N–H and O–H groups in total.